The van der Waals surface area contributed by atoms with Crippen LogP contribution in [-0.2, 0) is 0 Å². The number of nitrogens with one attached hydrogen (secondary N) is 1. The van der Waals surface area contributed by atoms with Gasteiger partial charge in [-0.2, -0.15) is 0 Å². The van der Waals surface area contributed by atoms with Crippen LogP contribution in [0.2, 0.25) is 5.02 Å². The molecule has 39 heavy (non-hydrogen) atoms. The highest BCUT2D eigenvalue weighted by molar-refractivity contribution is 6.33. The minimum Gasteiger partial charge on any atom is -0.353 e. The fourth-order valence-electron chi connectivity index (χ4n) is 5.74. The van der Waals surface area contributed by atoms with Gasteiger partial charge in [0.15, 0.2) is 0 Å². The molecule has 1 N–H and O–H groups in total. The van der Waals surface area contributed by atoms with Crippen molar-refractivity contribution in [2.75, 3.05) is 44.3 Å². The van der Waals surface area contributed by atoms with E-state index in [-0.39, 0.29) is 5.91 Å². The van der Waals surface area contributed by atoms with E-state index in [2.05, 4.69) is 41.8 Å². The van der Waals surface area contributed by atoms with E-state index in [1.54, 1.807) is 29.6 Å². The van der Waals surface area contributed by atoms with E-state index in [1.807, 2.05) is 29.3 Å². The number of aromatic amines is 1. The highest BCUT2D eigenvalue weighted by atomic mass is 35.5. The van der Waals surface area contributed by atoms with Gasteiger partial charge in [0.25, 0.3) is 11.7 Å². The summed E-state index contributed by atoms with van der Waals surface area (Å²) >= 11 is 6.68. The standard InChI is InChI=1S/C27H32ClN10O/c1-2-21-16-36(26-23(28)13-20(15-33-26)25-30-7-8-31-25)11-12-37(21)22-5-9-35(10-6-22)27(39)19-3-4-24(32-14-19)38-18-29-17-34-38/h3-4,7-8,13-15,18,21-22H,2,5-6,9-12,16-17H2,1H3,(H,30,31)/q+1/t21-/m0/s1. The van der Waals surface area contributed by atoms with Crippen molar-refractivity contribution in [3.05, 3.63) is 53.6 Å². The summed E-state index contributed by atoms with van der Waals surface area (Å²) in [5.41, 5.74) is 1.49. The van der Waals surface area contributed by atoms with Gasteiger partial charge in [0.05, 0.1) is 10.6 Å². The predicted molar refractivity (Wildman–Crippen MR) is 149 cm³/mol. The van der Waals surface area contributed by atoms with E-state index in [1.165, 1.54) is 0 Å². The lowest BCUT2D eigenvalue weighted by Crippen LogP contribution is -2.58. The number of azo groups is 2. The van der Waals surface area contributed by atoms with E-state index in [9.17, 15) is 4.79 Å². The second-order valence-electron chi connectivity index (χ2n) is 10.1. The van der Waals surface area contributed by atoms with Gasteiger partial charge in [-0.15, -0.1) is 19.8 Å². The topological polar surface area (TPSA) is 109 Å². The molecule has 3 aromatic rings. The van der Waals surface area contributed by atoms with Crippen LogP contribution < -0.4 is 4.90 Å². The summed E-state index contributed by atoms with van der Waals surface area (Å²) in [4.78, 5) is 40.6. The van der Waals surface area contributed by atoms with Crippen LogP contribution in [-0.4, -0.2) is 98.2 Å². The van der Waals surface area contributed by atoms with Crippen molar-refractivity contribution in [2.24, 2.45) is 10.1 Å². The van der Waals surface area contributed by atoms with Gasteiger partial charge in [-0.25, -0.2) is 9.97 Å². The zero-order chi connectivity index (χ0) is 26.8. The second kappa shape index (κ2) is 11.2. The van der Waals surface area contributed by atoms with Gasteiger partial charge in [0, 0.05) is 75.0 Å². The third-order valence-electron chi connectivity index (χ3n) is 7.83. The molecule has 3 aromatic heterocycles. The number of carbonyl (C=O) groups is 1. The normalized spacial score (nSPS) is 20.5. The SMILES string of the molecule is CC[C@H]1CN(c2ncc(-c3ncc[nH]3)cc2Cl)CCN1C1CCN(C(=O)c2ccc([N+]3=NCN=C3)nc2)CC1. The van der Waals surface area contributed by atoms with Crippen molar-refractivity contribution >= 4 is 35.5 Å². The summed E-state index contributed by atoms with van der Waals surface area (Å²) in [6, 6.07) is 6.44. The Balaban J connectivity index is 1.05. The lowest BCUT2D eigenvalue weighted by molar-refractivity contribution is -0.378. The number of piperazine rings is 1. The first-order valence-corrected chi connectivity index (χ1v) is 13.9. The molecule has 6 rings (SSSR count). The van der Waals surface area contributed by atoms with E-state index in [4.69, 9.17) is 16.6 Å². The molecule has 2 fully saturated rings. The Morgan fingerprint density at radius 3 is 2.67 bits per heavy atom. The lowest BCUT2D eigenvalue weighted by atomic mass is 9.97. The smallest absolute Gasteiger partial charge is 0.285 e. The molecule has 0 bridgehead atoms. The van der Waals surface area contributed by atoms with Crippen LogP contribution >= 0.6 is 11.6 Å². The molecule has 1 atom stereocenters. The highest BCUT2D eigenvalue weighted by Crippen LogP contribution is 2.31. The molecule has 12 heteroatoms. The monoisotopic (exact) mass is 547 g/mol. The van der Waals surface area contributed by atoms with Crippen molar-refractivity contribution in [3.8, 4) is 11.4 Å². The Bertz CT molecular complexity index is 1370. The van der Waals surface area contributed by atoms with E-state index in [0.29, 0.717) is 35.2 Å². The number of hydrogen-bond acceptors (Lipinski definition) is 8. The number of H-pyrrole nitrogens is 1. The second-order valence-corrected chi connectivity index (χ2v) is 10.5. The number of amides is 1. The lowest BCUT2D eigenvalue weighted by Gasteiger charge is -2.47. The van der Waals surface area contributed by atoms with Gasteiger partial charge in [0.1, 0.15) is 17.8 Å². The first kappa shape index (κ1) is 25.6. The maximum atomic E-state index is 13.1. The van der Waals surface area contributed by atoms with Crippen LogP contribution in [0.5, 0.6) is 0 Å². The van der Waals surface area contributed by atoms with Gasteiger partial charge >= 0.3 is 0 Å². The molecule has 0 aromatic carbocycles. The first-order chi connectivity index (χ1) is 19.1. The number of carbonyl (C=O) groups excluding carboxylic acids is 1. The minimum absolute atomic E-state index is 0.0371. The summed E-state index contributed by atoms with van der Waals surface area (Å²) in [5.74, 6) is 2.30. The minimum atomic E-state index is 0.0371. The fourth-order valence-corrected chi connectivity index (χ4v) is 6.03. The molecule has 0 saturated carbocycles. The molecule has 0 radical (unpaired) electrons. The Morgan fingerprint density at radius 2 is 2.00 bits per heavy atom. The molecule has 0 unspecified atom stereocenters. The Hall–Kier alpha value is -3.70. The summed E-state index contributed by atoms with van der Waals surface area (Å²) in [7, 11) is 0. The van der Waals surface area contributed by atoms with Crippen LogP contribution in [0.1, 0.15) is 36.5 Å². The number of likely N-dealkylation sites (tertiary alicyclic amines) is 1. The molecule has 0 spiro atoms. The number of imidazole rings is 1. The number of nitrogens with zero attached hydrogens (tertiary/aromatic N) is 9. The number of piperidine rings is 1. The Kier molecular flexibility index (Phi) is 7.34. The van der Waals surface area contributed by atoms with Crippen molar-refractivity contribution in [3.63, 3.8) is 0 Å². The average Bonchev–Trinajstić information content (AvgIpc) is 3.72. The quantitative estimate of drug-likeness (QED) is 0.470. The van der Waals surface area contributed by atoms with Crippen LogP contribution in [0.3, 0.4) is 0 Å². The summed E-state index contributed by atoms with van der Waals surface area (Å²) in [6.45, 7) is 6.85. The molecule has 6 heterocycles. The van der Waals surface area contributed by atoms with Crippen molar-refractivity contribution in [1.82, 2.24) is 29.7 Å². The van der Waals surface area contributed by atoms with Gasteiger partial charge in [-0.3, -0.25) is 9.69 Å². The van der Waals surface area contributed by atoms with Gasteiger partial charge in [-0.1, -0.05) is 18.5 Å². The number of anilines is 1. The number of aliphatic imine (C=N–C) groups is 1. The molecule has 3 aliphatic rings. The highest BCUT2D eigenvalue weighted by Gasteiger charge is 2.35. The zero-order valence-corrected chi connectivity index (χ0v) is 22.7. The van der Waals surface area contributed by atoms with Crippen molar-refractivity contribution in [1.29, 1.82) is 0 Å². The molecule has 3 aliphatic heterocycles. The first-order valence-electron chi connectivity index (χ1n) is 13.5. The van der Waals surface area contributed by atoms with E-state index < -0.39 is 0 Å². The zero-order valence-electron chi connectivity index (χ0n) is 21.9. The van der Waals surface area contributed by atoms with Crippen LogP contribution in [0.25, 0.3) is 11.4 Å². The summed E-state index contributed by atoms with van der Waals surface area (Å²) in [6.07, 6.45) is 11.6. The Labute approximate surface area is 232 Å². The number of rotatable bonds is 6. The molecule has 1 amide bonds. The molecular formula is C27H32ClN10O+. The third kappa shape index (κ3) is 5.28. The van der Waals surface area contributed by atoms with Crippen LogP contribution in [0.4, 0.5) is 11.6 Å². The average molecular weight is 548 g/mol. The number of hydrogen-bond donors (Lipinski definition) is 1. The third-order valence-corrected chi connectivity index (χ3v) is 8.11. The number of pyridine rings is 2. The summed E-state index contributed by atoms with van der Waals surface area (Å²) in [5, 5.41) is 4.85. The molecule has 11 nitrogen and oxygen atoms in total. The number of aromatic nitrogens is 4. The van der Waals surface area contributed by atoms with Gasteiger partial charge < -0.3 is 14.8 Å². The number of halogens is 1. The largest absolute Gasteiger partial charge is 0.353 e. The maximum Gasteiger partial charge on any atom is 0.285 e. The molecular weight excluding hydrogens is 516 g/mol. The fraction of sp³-hybridized carbons (Fsp3) is 0.444. The molecule has 202 valence electrons. The maximum absolute atomic E-state index is 13.1. The summed E-state index contributed by atoms with van der Waals surface area (Å²) < 4.78 is 1.63. The van der Waals surface area contributed by atoms with Crippen molar-refractivity contribution < 1.29 is 9.49 Å². The van der Waals surface area contributed by atoms with Crippen LogP contribution in [0, 0.1) is 0 Å². The van der Waals surface area contributed by atoms with Crippen molar-refractivity contribution in [2.45, 2.75) is 38.3 Å². The molecule has 0 aliphatic carbocycles. The van der Waals surface area contributed by atoms with Crippen LogP contribution in [0.15, 0.2) is 53.1 Å². The Morgan fingerprint density at radius 1 is 1.13 bits per heavy atom. The van der Waals surface area contributed by atoms with E-state index in [0.717, 1.165) is 69.2 Å². The molecule has 2 saturated heterocycles. The van der Waals surface area contributed by atoms with Gasteiger partial charge in [0.2, 0.25) is 13.0 Å². The predicted octanol–water partition coefficient (Wildman–Crippen LogP) is 3.82. The van der Waals surface area contributed by atoms with E-state index >= 15 is 0 Å². The van der Waals surface area contributed by atoms with Gasteiger partial charge in [-0.05, 0) is 31.4 Å².